The normalized spacial score (nSPS) is 10.8. The van der Waals surface area contributed by atoms with Gasteiger partial charge in [0.1, 0.15) is 11.6 Å². The van der Waals surface area contributed by atoms with E-state index in [1.54, 1.807) is 17.8 Å². The molecule has 1 aromatic rings. The van der Waals surface area contributed by atoms with Gasteiger partial charge in [0.15, 0.2) is 0 Å². The Hall–Kier alpha value is -1.81. The van der Waals surface area contributed by atoms with Gasteiger partial charge in [0.2, 0.25) is 5.82 Å². The first-order valence-corrected chi connectivity index (χ1v) is 6.46. The summed E-state index contributed by atoms with van der Waals surface area (Å²) in [6, 6.07) is 3.14. The average molecular weight is 266 g/mol. The molecule has 1 heterocycles. The Morgan fingerprint density at radius 2 is 2.33 bits per heavy atom. The number of nitro groups is 1. The molecule has 0 saturated heterocycles. The molecule has 0 saturated carbocycles. The van der Waals surface area contributed by atoms with Gasteiger partial charge in [-0.25, -0.2) is 4.98 Å². The second kappa shape index (κ2) is 5.69. The van der Waals surface area contributed by atoms with E-state index in [4.69, 9.17) is 5.26 Å². The minimum Gasteiger partial charge on any atom is -0.363 e. The number of rotatable bonds is 5. The number of aromatic nitrogens is 1. The van der Waals surface area contributed by atoms with Crippen molar-refractivity contribution in [3.8, 4) is 6.07 Å². The highest BCUT2D eigenvalue weighted by atomic mass is 32.2. The van der Waals surface area contributed by atoms with Gasteiger partial charge < -0.3 is 5.32 Å². The Balaban J connectivity index is 3.03. The molecule has 96 valence electrons. The number of nitrogens with one attached hydrogen (secondary N) is 1. The van der Waals surface area contributed by atoms with Crippen LogP contribution in [-0.4, -0.2) is 27.5 Å². The third-order valence-corrected chi connectivity index (χ3v) is 3.71. The molecule has 0 aliphatic carbocycles. The van der Waals surface area contributed by atoms with Gasteiger partial charge in [-0.1, -0.05) is 0 Å². The summed E-state index contributed by atoms with van der Waals surface area (Å²) in [6.45, 7) is 4.56. The SMILES string of the molecule is CSC(C)(C)CNc1nccc(C#N)c1[N+](=O)[O-]. The highest BCUT2D eigenvalue weighted by Gasteiger charge is 2.23. The van der Waals surface area contributed by atoms with Gasteiger partial charge in [-0.05, 0) is 26.2 Å². The van der Waals surface area contributed by atoms with Gasteiger partial charge in [-0.15, -0.1) is 0 Å². The van der Waals surface area contributed by atoms with E-state index in [1.165, 1.54) is 12.3 Å². The van der Waals surface area contributed by atoms with E-state index in [1.807, 2.05) is 20.1 Å². The van der Waals surface area contributed by atoms with Gasteiger partial charge in [0.25, 0.3) is 0 Å². The largest absolute Gasteiger partial charge is 0.363 e. The van der Waals surface area contributed by atoms with E-state index in [-0.39, 0.29) is 21.8 Å². The fourth-order valence-corrected chi connectivity index (χ4v) is 1.44. The standard InChI is InChI=1S/C11H14N4O2S/c1-11(2,18-3)7-14-10-9(15(16)17)8(6-12)4-5-13-10/h4-5H,7H2,1-3H3,(H,13,14). The van der Waals surface area contributed by atoms with Crippen molar-refractivity contribution in [1.29, 1.82) is 5.26 Å². The Bertz CT molecular complexity index is 496. The Kier molecular flexibility index (Phi) is 4.50. The minimum atomic E-state index is -0.583. The Morgan fingerprint density at radius 1 is 1.67 bits per heavy atom. The third kappa shape index (κ3) is 3.34. The Morgan fingerprint density at radius 3 is 2.83 bits per heavy atom. The fraction of sp³-hybridized carbons (Fsp3) is 0.455. The molecule has 18 heavy (non-hydrogen) atoms. The van der Waals surface area contributed by atoms with Crippen molar-refractivity contribution in [2.45, 2.75) is 18.6 Å². The maximum atomic E-state index is 11.0. The molecule has 0 amide bonds. The van der Waals surface area contributed by atoms with Gasteiger partial charge in [0.05, 0.1) is 4.92 Å². The summed E-state index contributed by atoms with van der Waals surface area (Å²) in [7, 11) is 0. The van der Waals surface area contributed by atoms with Crippen molar-refractivity contribution >= 4 is 23.3 Å². The van der Waals surface area contributed by atoms with Crippen LogP contribution >= 0.6 is 11.8 Å². The minimum absolute atomic E-state index is 0.0134. The lowest BCUT2D eigenvalue weighted by atomic mass is 10.2. The van der Waals surface area contributed by atoms with Crippen LogP contribution in [-0.2, 0) is 0 Å². The molecule has 0 aromatic carbocycles. The molecule has 7 heteroatoms. The van der Waals surface area contributed by atoms with Gasteiger partial charge >= 0.3 is 5.69 Å². The highest BCUT2D eigenvalue weighted by Crippen LogP contribution is 2.28. The lowest BCUT2D eigenvalue weighted by molar-refractivity contribution is -0.384. The first-order valence-electron chi connectivity index (χ1n) is 5.24. The van der Waals surface area contributed by atoms with Crippen molar-refractivity contribution in [1.82, 2.24) is 4.98 Å². The van der Waals surface area contributed by atoms with E-state index in [0.717, 1.165) is 0 Å². The summed E-state index contributed by atoms with van der Waals surface area (Å²) in [5, 5.41) is 22.8. The van der Waals surface area contributed by atoms with Gasteiger partial charge in [-0.2, -0.15) is 17.0 Å². The fourth-order valence-electron chi connectivity index (χ4n) is 1.23. The van der Waals surface area contributed by atoms with Crippen LogP contribution in [0.25, 0.3) is 0 Å². The number of pyridine rings is 1. The van der Waals surface area contributed by atoms with Crippen LogP contribution in [0.4, 0.5) is 11.5 Å². The number of thioether (sulfide) groups is 1. The molecule has 1 N–H and O–H groups in total. The molecule has 0 aliphatic heterocycles. The Labute approximate surface area is 110 Å². The second-order valence-corrected chi connectivity index (χ2v) is 5.76. The smallest absolute Gasteiger partial charge is 0.328 e. The van der Waals surface area contributed by atoms with E-state index >= 15 is 0 Å². The molecule has 6 nitrogen and oxygen atoms in total. The third-order valence-electron chi connectivity index (χ3n) is 2.46. The molecule has 0 radical (unpaired) electrons. The number of hydrogen-bond donors (Lipinski definition) is 1. The quantitative estimate of drug-likeness (QED) is 0.650. The summed E-state index contributed by atoms with van der Waals surface area (Å²) >= 11 is 1.65. The first-order chi connectivity index (χ1) is 8.41. The molecule has 0 atom stereocenters. The molecule has 1 aromatic heterocycles. The molecular formula is C11H14N4O2S. The summed E-state index contributed by atoms with van der Waals surface area (Å²) in [5.74, 6) is 0.140. The van der Waals surface area contributed by atoms with Crippen LogP contribution in [0.2, 0.25) is 0 Å². The van der Waals surface area contributed by atoms with Crippen LogP contribution in [0.3, 0.4) is 0 Å². The topological polar surface area (TPSA) is 91.8 Å². The van der Waals surface area contributed by atoms with Crippen LogP contribution in [0, 0.1) is 21.4 Å². The van der Waals surface area contributed by atoms with E-state index < -0.39 is 4.92 Å². The molecule has 0 fully saturated rings. The number of nitrogens with zero attached hydrogens (tertiary/aromatic N) is 3. The molecule has 0 aliphatic rings. The lowest BCUT2D eigenvalue weighted by Crippen LogP contribution is -2.26. The summed E-state index contributed by atoms with van der Waals surface area (Å²) in [4.78, 5) is 14.3. The van der Waals surface area contributed by atoms with E-state index in [0.29, 0.717) is 6.54 Å². The number of nitriles is 1. The van der Waals surface area contributed by atoms with Crippen molar-refractivity contribution in [2.24, 2.45) is 0 Å². The highest BCUT2D eigenvalue weighted by molar-refractivity contribution is 7.99. The van der Waals surface area contributed by atoms with Crippen molar-refractivity contribution in [3.05, 3.63) is 27.9 Å². The summed E-state index contributed by atoms with van der Waals surface area (Å²) in [5.41, 5.74) is -0.253. The molecular weight excluding hydrogens is 252 g/mol. The zero-order chi connectivity index (χ0) is 13.8. The zero-order valence-electron chi connectivity index (χ0n) is 10.4. The maximum Gasteiger partial charge on any atom is 0.328 e. The second-order valence-electron chi connectivity index (χ2n) is 4.24. The summed E-state index contributed by atoms with van der Waals surface area (Å²) in [6.07, 6.45) is 3.36. The predicted octanol–water partition coefficient (Wildman–Crippen LogP) is 2.41. The molecule has 1 rings (SSSR count). The molecule has 0 spiro atoms. The monoisotopic (exact) mass is 266 g/mol. The average Bonchev–Trinajstić information content (AvgIpc) is 2.35. The number of anilines is 1. The van der Waals surface area contributed by atoms with Crippen LogP contribution in [0.5, 0.6) is 0 Å². The number of hydrogen-bond acceptors (Lipinski definition) is 6. The van der Waals surface area contributed by atoms with Crippen LogP contribution in [0.15, 0.2) is 12.3 Å². The van der Waals surface area contributed by atoms with Crippen molar-refractivity contribution in [2.75, 3.05) is 18.1 Å². The predicted molar refractivity (Wildman–Crippen MR) is 71.7 cm³/mol. The maximum absolute atomic E-state index is 11.0. The van der Waals surface area contributed by atoms with Crippen molar-refractivity contribution in [3.63, 3.8) is 0 Å². The van der Waals surface area contributed by atoms with E-state index in [2.05, 4.69) is 10.3 Å². The first kappa shape index (κ1) is 14.3. The van der Waals surface area contributed by atoms with Crippen LogP contribution in [0.1, 0.15) is 19.4 Å². The van der Waals surface area contributed by atoms with Crippen LogP contribution < -0.4 is 5.32 Å². The van der Waals surface area contributed by atoms with Crippen molar-refractivity contribution < 1.29 is 4.92 Å². The summed E-state index contributed by atoms with van der Waals surface area (Å²) < 4.78 is -0.0712. The van der Waals surface area contributed by atoms with Gasteiger partial charge in [0, 0.05) is 17.5 Å². The van der Waals surface area contributed by atoms with Gasteiger partial charge in [-0.3, -0.25) is 10.1 Å². The zero-order valence-corrected chi connectivity index (χ0v) is 11.2. The molecule has 0 bridgehead atoms. The lowest BCUT2D eigenvalue weighted by Gasteiger charge is -2.22. The molecule has 0 unspecified atom stereocenters. The van der Waals surface area contributed by atoms with E-state index in [9.17, 15) is 10.1 Å².